The molecule has 1 amide bonds. The summed E-state index contributed by atoms with van der Waals surface area (Å²) in [5.41, 5.74) is 0.751. The van der Waals surface area contributed by atoms with Crippen molar-refractivity contribution in [1.29, 1.82) is 0 Å². The van der Waals surface area contributed by atoms with Crippen LogP contribution < -0.4 is 9.64 Å². The molecule has 144 valence electrons. The van der Waals surface area contributed by atoms with Crippen molar-refractivity contribution < 1.29 is 22.7 Å². The zero-order chi connectivity index (χ0) is 19.4. The molecule has 1 aliphatic rings. The van der Waals surface area contributed by atoms with Gasteiger partial charge < -0.3 is 14.5 Å². The van der Waals surface area contributed by atoms with Gasteiger partial charge in [-0.2, -0.15) is 13.2 Å². The molecule has 0 unspecified atom stereocenters. The average Bonchev–Trinajstić information content (AvgIpc) is 2.67. The minimum Gasteiger partial charge on any atom is -0.497 e. The minimum atomic E-state index is -4.36. The fourth-order valence-corrected chi connectivity index (χ4v) is 3.16. The molecule has 0 radical (unpaired) electrons. The Balaban J connectivity index is 1.59. The van der Waals surface area contributed by atoms with Crippen LogP contribution in [-0.2, 0) is 17.4 Å². The zero-order valence-corrected chi connectivity index (χ0v) is 15.0. The molecule has 3 rings (SSSR count). The molecule has 0 N–H and O–H groups in total. The van der Waals surface area contributed by atoms with Gasteiger partial charge >= 0.3 is 6.18 Å². The van der Waals surface area contributed by atoms with Crippen LogP contribution in [0.25, 0.3) is 0 Å². The zero-order valence-electron chi connectivity index (χ0n) is 15.0. The summed E-state index contributed by atoms with van der Waals surface area (Å²) < 4.78 is 43.8. The molecule has 2 aromatic carbocycles. The second kappa shape index (κ2) is 7.90. The first-order chi connectivity index (χ1) is 12.9. The van der Waals surface area contributed by atoms with Gasteiger partial charge in [0.15, 0.2) is 0 Å². The number of carbonyl (C=O) groups is 1. The summed E-state index contributed by atoms with van der Waals surface area (Å²) in [4.78, 5) is 16.1. The molecule has 0 atom stereocenters. The highest BCUT2D eigenvalue weighted by atomic mass is 19.4. The van der Waals surface area contributed by atoms with E-state index in [4.69, 9.17) is 4.74 Å². The maximum absolute atomic E-state index is 12.9. The maximum atomic E-state index is 12.9. The van der Waals surface area contributed by atoms with Crippen molar-refractivity contribution in [3.05, 3.63) is 59.7 Å². The maximum Gasteiger partial charge on any atom is 0.416 e. The van der Waals surface area contributed by atoms with E-state index in [9.17, 15) is 18.0 Å². The second-order valence-corrected chi connectivity index (χ2v) is 6.44. The Morgan fingerprint density at radius 1 is 1.04 bits per heavy atom. The largest absolute Gasteiger partial charge is 0.497 e. The monoisotopic (exact) mass is 378 g/mol. The Bertz CT molecular complexity index is 800. The lowest BCUT2D eigenvalue weighted by Crippen LogP contribution is -2.49. The number of rotatable bonds is 4. The van der Waals surface area contributed by atoms with Gasteiger partial charge in [-0.15, -0.1) is 0 Å². The van der Waals surface area contributed by atoms with E-state index in [1.807, 2.05) is 29.2 Å². The average molecular weight is 378 g/mol. The smallest absolute Gasteiger partial charge is 0.416 e. The van der Waals surface area contributed by atoms with Crippen molar-refractivity contribution in [2.45, 2.75) is 12.6 Å². The van der Waals surface area contributed by atoms with Crippen molar-refractivity contribution in [3.8, 4) is 5.75 Å². The number of carbonyl (C=O) groups excluding carboxylic acids is 1. The Labute approximate surface area is 156 Å². The summed E-state index contributed by atoms with van der Waals surface area (Å²) in [6.45, 7) is 1.98. The third kappa shape index (κ3) is 4.72. The molecule has 0 aliphatic carbocycles. The normalized spacial score (nSPS) is 15.0. The first kappa shape index (κ1) is 19.1. The second-order valence-electron chi connectivity index (χ2n) is 6.44. The number of halogens is 3. The van der Waals surface area contributed by atoms with Crippen LogP contribution in [0.3, 0.4) is 0 Å². The standard InChI is InChI=1S/C20H21F3N2O2/c1-27-18-7-2-4-15(12-18)13-19(26)25-10-8-24(9-11-25)17-6-3-5-16(14-17)20(21,22)23/h2-7,12,14H,8-11,13H2,1H3. The van der Waals surface area contributed by atoms with Gasteiger partial charge in [0.2, 0.25) is 5.91 Å². The first-order valence-electron chi connectivity index (χ1n) is 8.70. The third-order valence-electron chi connectivity index (χ3n) is 4.66. The highest BCUT2D eigenvalue weighted by Crippen LogP contribution is 2.31. The molecule has 2 aromatic rings. The Hall–Kier alpha value is -2.70. The summed E-state index contributed by atoms with van der Waals surface area (Å²) in [6, 6.07) is 12.7. The van der Waals surface area contributed by atoms with Crippen LogP contribution in [0.4, 0.5) is 18.9 Å². The number of hydrogen-bond donors (Lipinski definition) is 0. The van der Waals surface area contributed by atoms with Crippen LogP contribution >= 0.6 is 0 Å². The quantitative estimate of drug-likeness (QED) is 0.815. The van der Waals surface area contributed by atoms with Crippen molar-refractivity contribution in [2.75, 3.05) is 38.2 Å². The highest BCUT2D eigenvalue weighted by Gasteiger charge is 2.31. The molecule has 4 nitrogen and oxygen atoms in total. The molecule has 1 fully saturated rings. The molecule has 1 aliphatic heterocycles. The van der Waals surface area contributed by atoms with E-state index in [0.717, 1.165) is 17.7 Å². The van der Waals surface area contributed by atoms with Crippen LogP contribution in [0, 0.1) is 0 Å². The van der Waals surface area contributed by atoms with Crippen molar-refractivity contribution in [1.82, 2.24) is 4.90 Å². The molecule has 1 heterocycles. The van der Waals surface area contributed by atoms with E-state index in [0.29, 0.717) is 37.6 Å². The molecule has 0 spiro atoms. The molecule has 7 heteroatoms. The Morgan fingerprint density at radius 2 is 1.74 bits per heavy atom. The van der Waals surface area contributed by atoms with Gasteiger partial charge in [0, 0.05) is 31.9 Å². The lowest BCUT2D eigenvalue weighted by molar-refractivity contribution is -0.137. The molecular formula is C20H21F3N2O2. The van der Waals surface area contributed by atoms with Gasteiger partial charge in [-0.3, -0.25) is 4.79 Å². The van der Waals surface area contributed by atoms with Gasteiger partial charge in [-0.25, -0.2) is 0 Å². The van der Waals surface area contributed by atoms with E-state index in [-0.39, 0.29) is 12.3 Å². The third-order valence-corrected chi connectivity index (χ3v) is 4.66. The number of alkyl halides is 3. The highest BCUT2D eigenvalue weighted by molar-refractivity contribution is 5.79. The van der Waals surface area contributed by atoms with Crippen LogP contribution in [-0.4, -0.2) is 44.1 Å². The number of anilines is 1. The van der Waals surface area contributed by atoms with E-state index in [1.54, 1.807) is 18.1 Å². The number of nitrogens with zero attached hydrogens (tertiary/aromatic N) is 2. The number of amides is 1. The molecule has 1 saturated heterocycles. The summed E-state index contributed by atoms with van der Waals surface area (Å²) in [6.07, 6.45) is -4.08. The summed E-state index contributed by atoms with van der Waals surface area (Å²) in [5.74, 6) is 0.710. The van der Waals surface area contributed by atoms with Gasteiger partial charge in [-0.05, 0) is 35.9 Å². The van der Waals surface area contributed by atoms with E-state index >= 15 is 0 Å². The van der Waals surface area contributed by atoms with Crippen molar-refractivity contribution >= 4 is 11.6 Å². The number of methoxy groups -OCH3 is 1. The van der Waals surface area contributed by atoms with E-state index < -0.39 is 11.7 Å². The number of piperazine rings is 1. The van der Waals surface area contributed by atoms with Crippen molar-refractivity contribution in [3.63, 3.8) is 0 Å². The van der Waals surface area contributed by atoms with Gasteiger partial charge in [0.1, 0.15) is 5.75 Å². The predicted octanol–water partition coefficient (Wildman–Crippen LogP) is 3.61. The molecular weight excluding hydrogens is 357 g/mol. The molecule has 0 aromatic heterocycles. The van der Waals surface area contributed by atoms with E-state index in [1.165, 1.54) is 6.07 Å². The lowest BCUT2D eigenvalue weighted by Gasteiger charge is -2.36. The van der Waals surface area contributed by atoms with Crippen LogP contribution in [0.5, 0.6) is 5.75 Å². The van der Waals surface area contributed by atoms with Crippen LogP contribution in [0.2, 0.25) is 0 Å². The van der Waals surface area contributed by atoms with Gasteiger partial charge in [0.05, 0.1) is 19.1 Å². The van der Waals surface area contributed by atoms with Gasteiger partial charge in [-0.1, -0.05) is 18.2 Å². The Morgan fingerprint density at radius 3 is 2.41 bits per heavy atom. The summed E-state index contributed by atoms with van der Waals surface area (Å²) in [5, 5.41) is 0. The predicted molar refractivity (Wildman–Crippen MR) is 96.9 cm³/mol. The van der Waals surface area contributed by atoms with E-state index in [2.05, 4.69) is 0 Å². The lowest BCUT2D eigenvalue weighted by atomic mass is 10.1. The number of hydrogen-bond acceptors (Lipinski definition) is 3. The van der Waals surface area contributed by atoms with Gasteiger partial charge in [0.25, 0.3) is 0 Å². The number of ether oxygens (including phenoxy) is 1. The SMILES string of the molecule is COc1cccc(CC(=O)N2CCN(c3cccc(C(F)(F)F)c3)CC2)c1. The number of benzene rings is 2. The summed E-state index contributed by atoms with van der Waals surface area (Å²) >= 11 is 0. The summed E-state index contributed by atoms with van der Waals surface area (Å²) in [7, 11) is 1.58. The van der Waals surface area contributed by atoms with Crippen LogP contribution in [0.15, 0.2) is 48.5 Å². The minimum absolute atomic E-state index is 0.00643. The fourth-order valence-electron chi connectivity index (χ4n) is 3.16. The van der Waals surface area contributed by atoms with Crippen LogP contribution in [0.1, 0.15) is 11.1 Å². The molecule has 27 heavy (non-hydrogen) atoms. The topological polar surface area (TPSA) is 32.8 Å². The Kier molecular flexibility index (Phi) is 5.58. The first-order valence-corrected chi connectivity index (χ1v) is 8.70. The fraction of sp³-hybridized carbons (Fsp3) is 0.350. The van der Waals surface area contributed by atoms with Crippen molar-refractivity contribution in [2.24, 2.45) is 0 Å². The molecule has 0 saturated carbocycles. The molecule has 0 bridgehead atoms.